The molecule has 214 valence electrons. The molecule has 9 rings (SSSR count). The predicted octanol–water partition coefficient (Wildman–Crippen LogP) is 9.94. The molecule has 5 heterocycles. The zero-order chi connectivity index (χ0) is 30.5. The lowest BCUT2D eigenvalue weighted by molar-refractivity contribution is 1.31. The summed E-state index contributed by atoms with van der Waals surface area (Å²) in [5, 5.41) is 4.40. The third-order valence-electron chi connectivity index (χ3n) is 8.67. The van der Waals surface area contributed by atoms with Crippen LogP contribution in [0.25, 0.3) is 88.4 Å². The van der Waals surface area contributed by atoms with E-state index in [1.165, 1.54) is 0 Å². The lowest BCUT2D eigenvalue weighted by Gasteiger charge is -2.10. The zero-order valence-electron chi connectivity index (χ0n) is 24.7. The van der Waals surface area contributed by atoms with E-state index < -0.39 is 0 Å². The van der Waals surface area contributed by atoms with Crippen LogP contribution in [0.3, 0.4) is 0 Å². The second kappa shape index (κ2) is 10.7. The summed E-state index contributed by atoms with van der Waals surface area (Å²) < 4.78 is 0. The average molecular weight is 588 g/mol. The van der Waals surface area contributed by atoms with Crippen molar-refractivity contribution in [2.75, 3.05) is 0 Å². The van der Waals surface area contributed by atoms with Gasteiger partial charge < -0.3 is 0 Å². The van der Waals surface area contributed by atoms with Gasteiger partial charge in [-0.2, -0.15) is 0 Å². The minimum atomic E-state index is 0.921. The zero-order valence-corrected chi connectivity index (χ0v) is 24.7. The summed E-state index contributed by atoms with van der Waals surface area (Å²) in [6, 6.07) is 44.3. The Morgan fingerprint density at radius 3 is 1.89 bits per heavy atom. The van der Waals surface area contributed by atoms with Gasteiger partial charge in [0.05, 0.1) is 33.5 Å². The van der Waals surface area contributed by atoms with Crippen molar-refractivity contribution in [2.24, 2.45) is 0 Å². The van der Waals surface area contributed by atoms with Crippen molar-refractivity contribution >= 4 is 43.6 Å². The number of hydrogen-bond acceptors (Lipinski definition) is 5. The van der Waals surface area contributed by atoms with E-state index in [-0.39, 0.29) is 0 Å². The molecule has 5 aromatic heterocycles. The summed E-state index contributed by atoms with van der Waals surface area (Å²) in [6.07, 6.45) is 7.28. The highest BCUT2D eigenvalue weighted by molar-refractivity contribution is 6.08. The summed E-state index contributed by atoms with van der Waals surface area (Å²) in [5.41, 5.74) is 12.3. The molecule has 0 saturated carbocycles. The molecule has 0 aliphatic rings. The van der Waals surface area contributed by atoms with Crippen LogP contribution in [0.2, 0.25) is 0 Å². The molecule has 0 atom stereocenters. The van der Waals surface area contributed by atoms with Crippen LogP contribution < -0.4 is 0 Å². The Balaban J connectivity index is 1.02. The number of hydrogen-bond donors (Lipinski definition) is 0. The highest BCUT2D eigenvalue weighted by Crippen LogP contribution is 2.33. The first-order chi connectivity index (χ1) is 22.8. The normalized spacial score (nSPS) is 11.5. The second-order valence-electron chi connectivity index (χ2n) is 11.4. The summed E-state index contributed by atoms with van der Waals surface area (Å²) >= 11 is 0. The molecule has 5 heteroatoms. The molecule has 0 radical (unpaired) electrons. The summed E-state index contributed by atoms with van der Waals surface area (Å²) in [5.74, 6) is 0. The molecular weight excluding hydrogens is 562 g/mol. The first kappa shape index (κ1) is 26.1. The molecule has 0 spiro atoms. The van der Waals surface area contributed by atoms with Crippen LogP contribution in [0, 0.1) is 0 Å². The van der Waals surface area contributed by atoms with E-state index in [1.54, 1.807) is 12.4 Å². The summed E-state index contributed by atoms with van der Waals surface area (Å²) in [4.78, 5) is 23.4. The minimum absolute atomic E-state index is 0.921. The summed E-state index contributed by atoms with van der Waals surface area (Å²) in [6.45, 7) is 0. The van der Waals surface area contributed by atoms with E-state index in [1.807, 2.05) is 30.6 Å². The van der Waals surface area contributed by atoms with Crippen LogP contribution >= 0.6 is 0 Å². The van der Waals surface area contributed by atoms with Crippen LogP contribution in [-0.4, -0.2) is 24.9 Å². The maximum atomic E-state index is 5.03. The molecule has 9 aromatic rings. The van der Waals surface area contributed by atoms with Gasteiger partial charge in [0.15, 0.2) is 0 Å². The maximum Gasteiger partial charge on any atom is 0.0970 e. The van der Waals surface area contributed by atoms with Gasteiger partial charge in [-0.15, -0.1) is 0 Å². The maximum absolute atomic E-state index is 5.03. The van der Waals surface area contributed by atoms with E-state index in [2.05, 4.69) is 124 Å². The van der Waals surface area contributed by atoms with Crippen LogP contribution in [0.5, 0.6) is 0 Å². The number of nitrogens with zero attached hydrogens (tertiary/aromatic N) is 5. The number of pyridine rings is 5. The standard InChI is InChI=1S/C41H25N5/c1-2-30-9-13-35-34(19-23-44-41(35)40(30)43-20-1)26-3-5-27(6-4-26)36-16-12-33-24-31(11-15-38(33)45-36)32-8-7-28-10-14-37(46-39(28)25-32)29-17-21-42-22-18-29/h1-25H. The number of fused-ring (bicyclic) bond motifs is 5. The predicted molar refractivity (Wildman–Crippen MR) is 187 cm³/mol. The molecule has 0 bridgehead atoms. The molecule has 0 fully saturated rings. The Bertz CT molecular complexity index is 2580. The molecule has 0 aliphatic carbocycles. The van der Waals surface area contributed by atoms with Crippen molar-refractivity contribution < 1.29 is 0 Å². The van der Waals surface area contributed by atoms with Gasteiger partial charge in [-0.3, -0.25) is 15.0 Å². The first-order valence-electron chi connectivity index (χ1n) is 15.2. The lowest BCUT2D eigenvalue weighted by atomic mass is 9.98. The van der Waals surface area contributed by atoms with Crippen molar-refractivity contribution in [1.82, 2.24) is 24.9 Å². The number of rotatable bonds is 4. The van der Waals surface area contributed by atoms with E-state index in [0.29, 0.717) is 0 Å². The fraction of sp³-hybridized carbons (Fsp3) is 0. The molecule has 4 aromatic carbocycles. The van der Waals surface area contributed by atoms with Gasteiger partial charge in [-0.05, 0) is 76.9 Å². The Morgan fingerprint density at radius 1 is 0.370 bits per heavy atom. The molecule has 46 heavy (non-hydrogen) atoms. The van der Waals surface area contributed by atoms with Gasteiger partial charge in [0.1, 0.15) is 0 Å². The molecule has 0 saturated heterocycles. The minimum Gasteiger partial charge on any atom is -0.265 e. The van der Waals surface area contributed by atoms with Crippen LogP contribution in [0.4, 0.5) is 0 Å². The third-order valence-corrected chi connectivity index (χ3v) is 8.67. The van der Waals surface area contributed by atoms with Crippen LogP contribution in [-0.2, 0) is 0 Å². The molecular formula is C41H25N5. The second-order valence-corrected chi connectivity index (χ2v) is 11.4. The van der Waals surface area contributed by atoms with Crippen LogP contribution in [0.15, 0.2) is 152 Å². The van der Waals surface area contributed by atoms with Crippen molar-refractivity contribution in [3.05, 3.63) is 152 Å². The fourth-order valence-electron chi connectivity index (χ4n) is 6.27. The molecule has 0 N–H and O–H groups in total. The Morgan fingerprint density at radius 2 is 1.02 bits per heavy atom. The molecule has 0 aliphatic heterocycles. The van der Waals surface area contributed by atoms with Gasteiger partial charge in [0.25, 0.3) is 0 Å². The smallest absolute Gasteiger partial charge is 0.0970 e. The molecule has 0 amide bonds. The Kier molecular flexibility index (Phi) is 6.06. The van der Waals surface area contributed by atoms with E-state index in [4.69, 9.17) is 9.97 Å². The molecule has 0 unspecified atom stereocenters. The Hall–Kier alpha value is -6.33. The monoisotopic (exact) mass is 587 g/mol. The van der Waals surface area contributed by atoms with Crippen molar-refractivity contribution in [1.29, 1.82) is 0 Å². The quantitative estimate of drug-likeness (QED) is 0.192. The lowest BCUT2D eigenvalue weighted by Crippen LogP contribution is -1.89. The van der Waals surface area contributed by atoms with E-state index in [9.17, 15) is 0 Å². The largest absolute Gasteiger partial charge is 0.265 e. The SMILES string of the molecule is c1cnc2c(c1)ccc1c(-c3ccc(-c4ccc5cc(-c6ccc7ccc(-c8ccncc8)nc7c6)ccc5n4)cc3)ccnc12. The fourth-order valence-corrected chi connectivity index (χ4v) is 6.27. The van der Waals surface area contributed by atoms with Gasteiger partial charge in [-0.25, -0.2) is 9.97 Å². The van der Waals surface area contributed by atoms with Gasteiger partial charge in [0.2, 0.25) is 0 Å². The number of benzene rings is 4. The third kappa shape index (κ3) is 4.54. The van der Waals surface area contributed by atoms with Gasteiger partial charge in [0, 0.05) is 57.5 Å². The highest BCUT2D eigenvalue weighted by Gasteiger charge is 2.11. The first-order valence-corrected chi connectivity index (χ1v) is 15.2. The topological polar surface area (TPSA) is 64.5 Å². The summed E-state index contributed by atoms with van der Waals surface area (Å²) in [7, 11) is 0. The average Bonchev–Trinajstić information content (AvgIpc) is 3.14. The van der Waals surface area contributed by atoms with E-state index in [0.717, 1.165) is 88.4 Å². The van der Waals surface area contributed by atoms with E-state index >= 15 is 0 Å². The van der Waals surface area contributed by atoms with Gasteiger partial charge >= 0.3 is 0 Å². The number of aromatic nitrogens is 5. The molecule has 5 nitrogen and oxygen atoms in total. The van der Waals surface area contributed by atoms with Crippen molar-refractivity contribution in [2.45, 2.75) is 0 Å². The Labute approximate surface area is 264 Å². The van der Waals surface area contributed by atoms with Crippen molar-refractivity contribution in [3.63, 3.8) is 0 Å². The highest BCUT2D eigenvalue weighted by atomic mass is 14.7. The van der Waals surface area contributed by atoms with Gasteiger partial charge in [-0.1, -0.05) is 72.8 Å². The van der Waals surface area contributed by atoms with Crippen molar-refractivity contribution in [3.8, 4) is 44.8 Å². The van der Waals surface area contributed by atoms with Crippen LogP contribution in [0.1, 0.15) is 0 Å².